The average molecular weight is 444 g/mol. The maximum absolute atomic E-state index is 13.0. The second-order valence-electron chi connectivity index (χ2n) is 8.33. The number of nitrogens with zero attached hydrogens (tertiary/aromatic N) is 5. The van der Waals surface area contributed by atoms with Crippen molar-refractivity contribution >= 4 is 28.4 Å². The van der Waals surface area contributed by atoms with E-state index in [9.17, 15) is 9.59 Å². The molecule has 3 aromatic heterocycles. The van der Waals surface area contributed by atoms with Crippen molar-refractivity contribution in [3.05, 3.63) is 70.6 Å². The lowest BCUT2D eigenvalue weighted by molar-refractivity contribution is -0.120. The Balaban J connectivity index is 1.33. The zero-order chi connectivity index (χ0) is 22.9. The standard InChI is InChI=1S/C24H24N6O3/c1-15-10-16(2)30(28-15)22-12-21(25-14-26-22)29-9-5-7-18(13-29)23(31)27-19-11-17-6-3-4-8-20(17)33-24(19)32/h3-4,6,8,10-12,14,18H,5,7,9,13H2,1-2H3,(H,27,31). The molecule has 1 unspecified atom stereocenters. The maximum atomic E-state index is 13.0. The SMILES string of the molecule is Cc1cc(C)n(-c2cc(N3CCCC(C(=O)Nc4cc5ccccc5oc4=O)C3)ncn2)n1. The van der Waals surface area contributed by atoms with E-state index in [1.165, 1.54) is 6.33 Å². The Morgan fingerprint density at radius 2 is 1.94 bits per heavy atom. The van der Waals surface area contributed by atoms with E-state index in [1.54, 1.807) is 22.9 Å². The van der Waals surface area contributed by atoms with E-state index < -0.39 is 5.63 Å². The number of aromatic nitrogens is 4. The zero-order valence-corrected chi connectivity index (χ0v) is 18.5. The van der Waals surface area contributed by atoms with Crippen LogP contribution in [0.4, 0.5) is 11.5 Å². The molecular weight excluding hydrogens is 420 g/mol. The highest BCUT2D eigenvalue weighted by molar-refractivity contribution is 5.94. The van der Waals surface area contributed by atoms with Gasteiger partial charge in [-0.25, -0.2) is 19.4 Å². The van der Waals surface area contributed by atoms with Crippen LogP contribution in [-0.4, -0.2) is 38.7 Å². The fourth-order valence-corrected chi connectivity index (χ4v) is 4.27. The summed E-state index contributed by atoms with van der Waals surface area (Å²) in [5.74, 6) is 0.952. The van der Waals surface area contributed by atoms with Crippen LogP contribution in [0.25, 0.3) is 16.8 Å². The molecule has 0 radical (unpaired) electrons. The highest BCUT2D eigenvalue weighted by Gasteiger charge is 2.27. The minimum absolute atomic E-state index is 0.157. The fourth-order valence-electron chi connectivity index (χ4n) is 4.27. The third kappa shape index (κ3) is 4.21. The van der Waals surface area contributed by atoms with Gasteiger partial charge >= 0.3 is 5.63 Å². The Bertz CT molecular complexity index is 1390. The molecule has 5 rings (SSSR count). The number of piperidine rings is 1. The van der Waals surface area contributed by atoms with E-state index >= 15 is 0 Å². The molecule has 4 heterocycles. The smallest absolute Gasteiger partial charge is 0.360 e. The zero-order valence-electron chi connectivity index (χ0n) is 18.5. The van der Waals surface area contributed by atoms with Gasteiger partial charge in [0.1, 0.15) is 23.4 Å². The van der Waals surface area contributed by atoms with Gasteiger partial charge in [-0.3, -0.25) is 4.79 Å². The number of fused-ring (bicyclic) bond motifs is 1. The van der Waals surface area contributed by atoms with Crippen LogP contribution in [0.3, 0.4) is 0 Å². The van der Waals surface area contributed by atoms with Crippen molar-refractivity contribution in [3.8, 4) is 5.82 Å². The minimum atomic E-state index is -0.556. The summed E-state index contributed by atoms with van der Waals surface area (Å²) in [7, 11) is 0. The summed E-state index contributed by atoms with van der Waals surface area (Å²) in [5, 5.41) is 8.02. The summed E-state index contributed by atoms with van der Waals surface area (Å²) < 4.78 is 7.12. The molecule has 0 saturated carbocycles. The number of carbonyl (C=O) groups excluding carboxylic acids is 1. The Morgan fingerprint density at radius 3 is 2.76 bits per heavy atom. The molecule has 1 saturated heterocycles. The van der Waals surface area contributed by atoms with Crippen LogP contribution in [0.15, 0.2) is 58.0 Å². The lowest BCUT2D eigenvalue weighted by atomic mass is 9.97. The van der Waals surface area contributed by atoms with E-state index in [4.69, 9.17) is 4.42 Å². The summed E-state index contributed by atoms with van der Waals surface area (Å²) in [6, 6.07) is 12.8. The van der Waals surface area contributed by atoms with Crippen molar-refractivity contribution in [2.75, 3.05) is 23.3 Å². The Hall–Kier alpha value is -4.01. The van der Waals surface area contributed by atoms with Crippen LogP contribution >= 0.6 is 0 Å². The number of hydrogen-bond donors (Lipinski definition) is 1. The molecule has 1 atom stereocenters. The second kappa shape index (κ2) is 8.50. The van der Waals surface area contributed by atoms with Gasteiger partial charge in [-0.05, 0) is 44.9 Å². The van der Waals surface area contributed by atoms with Crippen LogP contribution in [0.2, 0.25) is 0 Å². The van der Waals surface area contributed by atoms with E-state index in [-0.39, 0.29) is 17.5 Å². The molecule has 1 aliphatic heterocycles. The van der Waals surface area contributed by atoms with Crippen LogP contribution < -0.4 is 15.8 Å². The maximum Gasteiger partial charge on any atom is 0.360 e. The quantitative estimate of drug-likeness (QED) is 0.482. The fraction of sp³-hybridized carbons (Fsp3) is 0.292. The normalized spacial score (nSPS) is 16.2. The van der Waals surface area contributed by atoms with Crippen LogP contribution in [0, 0.1) is 19.8 Å². The van der Waals surface area contributed by atoms with Gasteiger partial charge in [-0.1, -0.05) is 18.2 Å². The topological polar surface area (TPSA) is 106 Å². The molecule has 0 bridgehead atoms. The van der Waals surface area contributed by atoms with Gasteiger partial charge in [0.2, 0.25) is 5.91 Å². The van der Waals surface area contributed by atoms with Crippen molar-refractivity contribution in [3.63, 3.8) is 0 Å². The molecular formula is C24H24N6O3. The van der Waals surface area contributed by atoms with E-state index in [0.717, 1.165) is 42.0 Å². The predicted molar refractivity (Wildman–Crippen MR) is 125 cm³/mol. The van der Waals surface area contributed by atoms with Gasteiger partial charge in [0, 0.05) is 30.2 Å². The molecule has 1 aromatic carbocycles. The van der Waals surface area contributed by atoms with Crippen molar-refractivity contribution in [1.29, 1.82) is 0 Å². The first-order chi connectivity index (χ1) is 16.0. The molecule has 168 valence electrons. The molecule has 1 amide bonds. The Kier molecular flexibility index (Phi) is 5.37. The van der Waals surface area contributed by atoms with Crippen LogP contribution in [0.5, 0.6) is 0 Å². The van der Waals surface area contributed by atoms with E-state index in [0.29, 0.717) is 17.9 Å². The highest BCUT2D eigenvalue weighted by Crippen LogP contribution is 2.24. The summed E-state index contributed by atoms with van der Waals surface area (Å²) in [5.41, 5.74) is 2.00. The van der Waals surface area contributed by atoms with E-state index in [1.807, 2.05) is 38.1 Å². The summed E-state index contributed by atoms with van der Waals surface area (Å²) in [6.07, 6.45) is 3.09. The second-order valence-corrected chi connectivity index (χ2v) is 8.33. The number of amides is 1. The summed E-state index contributed by atoms with van der Waals surface area (Å²) in [4.78, 5) is 36.2. The number of carbonyl (C=O) groups is 1. The van der Waals surface area contributed by atoms with Gasteiger partial charge in [0.15, 0.2) is 5.82 Å². The first-order valence-electron chi connectivity index (χ1n) is 10.9. The lowest BCUT2D eigenvalue weighted by Gasteiger charge is -2.32. The van der Waals surface area contributed by atoms with Gasteiger partial charge in [0.05, 0.1) is 11.6 Å². The number of aryl methyl sites for hydroxylation is 2. The lowest BCUT2D eigenvalue weighted by Crippen LogP contribution is -2.41. The van der Waals surface area contributed by atoms with Gasteiger partial charge in [-0.2, -0.15) is 5.10 Å². The third-order valence-electron chi connectivity index (χ3n) is 5.88. The number of hydrogen-bond acceptors (Lipinski definition) is 7. The monoisotopic (exact) mass is 444 g/mol. The third-order valence-corrected chi connectivity index (χ3v) is 5.88. The molecule has 9 nitrogen and oxygen atoms in total. The van der Waals surface area contributed by atoms with Crippen molar-refractivity contribution in [1.82, 2.24) is 19.7 Å². The molecule has 1 fully saturated rings. The molecule has 4 aromatic rings. The van der Waals surface area contributed by atoms with Gasteiger partial charge in [-0.15, -0.1) is 0 Å². The van der Waals surface area contributed by atoms with Crippen LogP contribution in [0.1, 0.15) is 24.2 Å². The van der Waals surface area contributed by atoms with E-state index in [2.05, 4.69) is 25.3 Å². The largest absolute Gasteiger partial charge is 0.421 e. The number of para-hydroxylation sites is 1. The predicted octanol–water partition coefficient (Wildman–Crippen LogP) is 3.24. The first-order valence-corrected chi connectivity index (χ1v) is 10.9. The minimum Gasteiger partial charge on any atom is -0.421 e. The Morgan fingerprint density at radius 1 is 1.12 bits per heavy atom. The molecule has 0 aliphatic carbocycles. The number of anilines is 2. The number of rotatable bonds is 4. The summed E-state index contributed by atoms with van der Waals surface area (Å²) >= 11 is 0. The van der Waals surface area contributed by atoms with Gasteiger partial charge < -0.3 is 14.6 Å². The Labute approximate surface area is 190 Å². The van der Waals surface area contributed by atoms with Crippen LogP contribution in [-0.2, 0) is 4.79 Å². The molecule has 9 heteroatoms. The molecule has 1 N–H and O–H groups in total. The molecule has 33 heavy (non-hydrogen) atoms. The molecule has 0 spiro atoms. The molecule has 1 aliphatic rings. The number of nitrogens with one attached hydrogen (secondary N) is 1. The van der Waals surface area contributed by atoms with Gasteiger partial charge in [0.25, 0.3) is 0 Å². The van der Waals surface area contributed by atoms with Crippen molar-refractivity contribution in [2.45, 2.75) is 26.7 Å². The highest BCUT2D eigenvalue weighted by atomic mass is 16.4. The first kappa shape index (κ1) is 20.9. The van der Waals surface area contributed by atoms with Crippen molar-refractivity contribution in [2.24, 2.45) is 5.92 Å². The average Bonchev–Trinajstić information content (AvgIpc) is 3.17. The van der Waals surface area contributed by atoms with Crippen molar-refractivity contribution < 1.29 is 9.21 Å². The number of benzene rings is 1. The summed E-state index contributed by atoms with van der Waals surface area (Å²) in [6.45, 7) is 5.20.